The molecule has 4 nitrogen and oxygen atoms in total. The van der Waals surface area contributed by atoms with Crippen molar-refractivity contribution in [1.82, 2.24) is 0 Å². The second kappa shape index (κ2) is 10.1. The first kappa shape index (κ1) is 22.9. The average Bonchev–Trinajstić information content (AvgIpc) is 3.07. The van der Waals surface area contributed by atoms with Crippen molar-refractivity contribution < 1.29 is 14.3 Å². The van der Waals surface area contributed by atoms with Crippen LogP contribution in [-0.4, -0.2) is 17.3 Å². The molecular weight excluding hydrogens is 530 g/mol. The number of amides is 1. The van der Waals surface area contributed by atoms with Gasteiger partial charge in [0.25, 0.3) is 5.91 Å². The Labute approximate surface area is 209 Å². The molecule has 162 valence electrons. The molecule has 1 saturated heterocycles. The summed E-state index contributed by atoms with van der Waals surface area (Å²) in [5, 5.41) is 0.639. The maximum Gasteiger partial charge on any atom is 0.270 e. The molecule has 3 aromatic rings. The summed E-state index contributed by atoms with van der Waals surface area (Å²) in [6.45, 7) is 0.295. The molecule has 4 rings (SSSR count). The number of thioether (sulfide) groups is 1. The topological polar surface area (TPSA) is 38.8 Å². The fourth-order valence-electron chi connectivity index (χ4n) is 3.15. The van der Waals surface area contributed by atoms with Gasteiger partial charge in [0, 0.05) is 10.6 Å². The number of anilines is 1. The lowest BCUT2D eigenvalue weighted by molar-refractivity contribution is -0.113. The van der Waals surface area contributed by atoms with Crippen molar-refractivity contribution in [3.63, 3.8) is 0 Å². The van der Waals surface area contributed by atoms with Crippen LogP contribution in [0.5, 0.6) is 11.5 Å². The fourth-order valence-corrected chi connectivity index (χ4v) is 5.21. The Kier molecular flexibility index (Phi) is 7.20. The van der Waals surface area contributed by atoms with Crippen LogP contribution >= 0.6 is 51.5 Å². The van der Waals surface area contributed by atoms with Gasteiger partial charge in [0.1, 0.15) is 6.61 Å². The molecule has 0 radical (unpaired) electrons. The number of nitrogens with zero attached hydrogens (tertiary/aromatic N) is 1. The zero-order chi connectivity index (χ0) is 22.7. The highest BCUT2D eigenvalue weighted by Gasteiger charge is 2.33. The van der Waals surface area contributed by atoms with Gasteiger partial charge >= 0.3 is 0 Å². The van der Waals surface area contributed by atoms with E-state index in [0.29, 0.717) is 36.8 Å². The molecule has 0 aliphatic carbocycles. The molecular formula is C24H17BrClNO3S2. The second-order valence-electron chi connectivity index (χ2n) is 6.77. The normalized spacial score (nSPS) is 14.8. The van der Waals surface area contributed by atoms with E-state index in [2.05, 4.69) is 15.9 Å². The number of ether oxygens (including phenoxy) is 2. The molecule has 0 spiro atoms. The van der Waals surface area contributed by atoms with Gasteiger partial charge in [-0.3, -0.25) is 9.69 Å². The minimum absolute atomic E-state index is 0.152. The van der Waals surface area contributed by atoms with Crippen molar-refractivity contribution in [1.29, 1.82) is 0 Å². The molecule has 1 aliphatic heterocycles. The SMILES string of the molecule is COc1cc(C=C2SC(=S)N(c3ccccc3)C2=O)cc(Br)c1OCc1ccccc1Cl. The van der Waals surface area contributed by atoms with Gasteiger partial charge in [-0.1, -0.05) is 72.0 Å². The molecule has 3 aromatic carbocycles. The minimum atomic E-state index is -0.152. The Bertz CT molecular complexity index is 1220. The zero-order valence-electron chi connectivity index (χ0n) is 16.9. The fraction of sp³-hybridized carbons (Fsp3) is 0.0833. The summed E-state index contributed by atoms with van der Waals surface area (Å²) in [4.78, 5) is 15.1. The van der Waals surface area contributed by atoms with Gasteiger partial charge < -0.3 is 9.47 Å². The lowest BCUT2D eigenvalue weighted by atomic mass is 10.1. The molecule has 8 heteroatoms. The highest BCUT2D eigenvalue weighted by Crippen LogP contribution is 2.40. The summed E-state index contributed by atoms with van der Waals surface area (Å²) in [6.07, 6.45) is 1.80. The Morgan fingerprint density at radius 2 is 1.84 bits per heavy atom. The lowest BCUT2D eigenvalue weighted by Crippen LogP contribution is -2.27. The van der Waals surface area contributed by atoms with E-state index < -0.39 is 0 Å². The molecule has 0 atom stereocenters. The van der Waals surface area contributed by atoms with Gasteiger partial charge in [0.2, 0.25) is 0 Å². The van der Waals surface area contributed by atoms with Crippen molar-refractivity contribution in [3.05, 3.63) is 92.3 Å². The first-order valence-electron chi connectivity index (χ1n) is 9.54. The summed E-state index contributed by atoms with van der Waals surface area (Å²) in [6, 6.07) is 20.6. The van der Waals surface area contributed by atoms with Crippen LogP contribution in [0.4, 0.5) is 5.69 Å². The van der Waals surface area contributed by atoms with E-state index in [-0.39, 0.29) is 5.91 Å². The Hall–Kier alpha value is -2.32. The molecule has 0 saturated carbocycles. The standard InChI is InChI=1S/C24H17BrClNO3S2/c1-29-20-12-15(11-18(25)22(20)30-14-16-7-5-6-10-19(16)26)13-21-23(28)27(24(31)32-21)17-8-3-2-4-9-17/h2-13H,14H2,1H3. The van der Waals surface area contributed by atoms with E-state index in [9.17, 15) is 4.79 Å². The van der Waals surface area contributed by atoms with E-state index in [1.54, 1.807) is 18.1 Å². The third-order valence-corrected chi connectivity index (χ3v) is 6.95. The van der Waals surface area contributed by atoms with Crippen LogP contribution in [0.15, 0.2) is 76.1 Å². The van der Waals surface area contributed by atoms with Crippen molar-refractivity contribution in [2.24, 2.45) is 0 Å². The summed E-state index contributed by atoms with van der Waals surface area (Å²) in [5.74, 6) is 0.943. The zero-order valence-corrected chi connectivity index (χ0v) is 20.9. The molecule has 0 unspecified atom stereocenters. The number of thiocarbonyl (C=S) groups is 1. The van der Waals surface area contributed by atoms with Crippen molar-refractivity contribution >= 4 is 73.5 Å². The summed E-state index contributed by atoms with van der Waals surface area (Å²) in [5.41, 5.74) is 2.41. The maximum atomic E-state index is 13.0. The van der Waals surface area contributed by atoms with E-state index in [1.165, 1.54) is 11.8 Å². The number of rotatable bonds is 6. The number of benzene rings is 3. The van der Waals surface area contributed by atoms with Crippen LogP contribution in [0.3, 0.4) is 0 Å². The Morgan fingerprint density at radius 1 is 1.12 bits per heavy atom. The van der Waals surface area contributed by atoms with Crippen LogP contribution in [0.1, 0.15) is 11.1 Å². The number of carbonyl (C=O) groups excluding carboxylic acids is 1. The van der Waals surface area contributed by atoms with Crippen LogP contribution in [0, 0.1) is 0 Å². The van der Waals surface area contributed by atoms with Crippen LogP contribution in [0.25, 0.3) is 6.08 Å². The van der Waals surface area contributed by atoms with E-state index in [4.69, 9.17) is 33.3 Å². The predicted molar refractivity (Wildman–Crippen MR) is 139 cm³/mol. The highest BCUT2D eigenvalue weighted by atomic mass is 79.9. The van der Waals surface area contributed by atoms with Gasteiger partial charge in [-0.2, -0.15) is 0 Å². The van der Waals surface area contributed by atoms with Gasteiger partial charge in [0.15, 0.2) is 15.8 Å². The molecule has 1 amide bonds. The first-order valence-corrected chi connectivity index (χ1v) is 11.9. The Balaban J connectivity index is 1.59. The number of methoxy groups -OCH3 is 1. The predicted octanol–water partition coefficient (Wildman–Crippen LogP) is 7.10. The van der Waals surface area contributed by atoms with E-state index in [0.717, 1.165) is 16.8 Å². The molecule has 0 bridgehead atoms. The van der Waals surface area contributed by atoms with Gasteiger partial charge in [-0.15, -0.1) is 0 Å². The van der Waals surface area contributed by atoms with E-state index in [1.807, 2.05) is 66.7 Å². The van der Waals surface area contributed by atoms with Crippen molar-refractivity contribution in [2.45, 2.75) is 6.61 Å². The molecule has 1 fully saturated rings. The van der Waals surface area contributed by atoms with Crippen LogP contribution < -0.4 is 14.4 Å². The van der Waals surface area contributed by atoms with Gasteiger partial charge in [0.05, 0.1) is 22.2 Å². The summed E-state index contributed by atoms with van der Waals surface area (Å²) >= 11 is 16.5. The third kappa shape index (κ3) is 4.86. The third-order valence-electron chi connectivity index (χ3n) is 4.69. The number of para-hydroxylation sites is 1. The number of hydrogen-bond donors (Lipinski definition) is 0. The molecule has 1 aliphatic rings. The largest absolute Gasteiger partial charge is 0.493 e. The van der Waals surface area contributed by atoms with Gasteiger partial charge in [-0.05, 0) is 57.9 Å². The monoisotopic (exact) mass is 545 g/mol. The van der Waals surface area contributed by atoms with Crippen LogP contribution in [0.2, 0.25) is 5.02 Å². The molecule has 0 aromatic heterocycles. The number of carbonyl (C=O) groups is 1. The van der Waals surface area contributed by atoms with Gasteiger partial charge in [-0.25, -0.2) is 0 Å². The molecule has 0 N–H and O–H groups in total. The second-order valence-corrected chi connectivity index (χ2v) is 9.70. The quantitative estimate of drug-likeness (QED) is 0.244. The average molecular weight is 547 g/mol. The molecule has 32 heavy (non-hydrogen) atoms. The van der Waals surface area contributed by atoms with E-state index >= 15 is 0 Å². The first-order chi connectivity index (χ1) is 15.5. The smallest absolute Gasteiger partial charge is 0.270 e. The number of hydrogen-bond acceptors (Lipinski definition) is 5. The summed E-state index contributed by atoms with van der Waals surface area (Å²) in [7, 11) is 1.57. The maximum absolute atomic E-state index is 13.0. The Morgan fingerprint density at radius 3 is 2.56 bits per heavy atom. The molecule has 1 heterocycles. The van der Waals surface area contributed by atoms with Crippen LogP contribution in [-0.2, 0) is 11.4 Å². The van der Waals surface area contributed by atoms with Crippen molar-refractivity contribution in [2.75, 3.05) is 12.0 Å². The highest BCUT2D eigenvalue weighted by molar-refractivity contribution is 9.10. The minimum Gasteiger partial charge on any atom is -0.493 e. The number of halogens is 2. The summed E-state index contributed by atoms with van der Waals surface area (Å²) < 4.78 is 12.7. The lowest BCUT2D eigenvalue weighted by Gasteiger charge is -2.15. The van der Waals surface area contributed by atoms with Crippen molar-refractivity contribution in [3.8, 4) is 11.5 Å².